The second kappa shape index (κ2) is 9.33. The van der Waals surface area contributed by atoms with Gasteiger partial charge in [-0.15, -0.1) is 0 Å². The normalized spacial score (nSPS) is 28.6. The molecule has 0 aromatic rings. The SMILES string of the molecule is CO[C@H]1O[C@H](COC(C)=O)[C@H](OC(C)=O)[C@@H](OC(C)=O)[C@H]1NC(C)=O. The van der Waals surface area contributed by atoms with E-state index < -0.39 is 54.5 Å². The topological polar surface area (TPSA) is 126 Å². The van der Waals surface area contributed by atoms with Crippen molar-refractivity contribution in [2.24, 2.45) is 0 Å². The Morgan fingerprint density at radius 1 is 0.920 bits per heavy atom. The Labute approximate surface area is 145 Å². The van der Waals surface area contributed by atoms with E-state index in [-0.39, 0.29) is 6.61 Å². The highest BCUT2D eigenvalue weighted by Gasteiger charge is 2.50. The van der Waals surface area contributed by atoms with Gasteiger partial charge in [0.15, 0.2) is 18.5 Å². The Balaban J connectivity index is 3.18. The van der Waals surface area contributed by atoms with Crippen molar-refractivity contribution >= 4 is 23.8 Å². The number of carbonyl (C=O) groups excluding carboxylic acids is 4. The van der Waals surface area contributed by atoms with Gasteiger partial charge in [-0.05, 0) is 0 Å². The second-order valence-corrected chi connectivity index (χ2v) is 5.46. The summed E-state index contributed by atoms with van der Waals surface area (Å²) in [7, 11) is 1.33. The number of amides is 1. The van der Waals surface area contributed by atoms with Gasteiger partial charge in [-0.25, -0.2) is 0 Å². The molecule has 1 amide bonds. The van der Waals surface area contributed by atoms with Crippen LogP contribution in [0.5, 0.6) is 0 Å². The molecule has 0 aromatic carbocycles. The third kappa shape index (κ3) is 6.31. The van der Waals surface area contributed by atoms with Crippen LogP contribution in [-0.4, -0.2) is 68.2 Å². The number of esters is 3. The molecule has 0 aliphatic carbocycles. The lowest BCUT2D eigenvalue weighted by Crippen LogP contribution is -2.66. The van der Waals surface area contributed by atoms with Crippen LogP contribution in [0, 0.1) is 0 Å². The Morgan fingerprint density at radius 3 is 1.92 bits per heavy atom. The van der Waals surface area contributed by atoms with Gasteiger partial charge in [0.2, 0.25) is 5.91 Å². The highest BCUT2D eigenvalue weighted by molar-refractivity contribution is 5.73. The van der Waals surface area contributed by atoms with E-state index in [1.165, 1.54) is 34.8 Å². The lowest BCUT2D eigenvalue weighted by molar-refractivity contribution is -0.271. The maximum Gasteiger partial charge on any atom is 0.303 e. The van der Waals surface area contributed by atoms with Crippen molar-refractivity contribution < 1.29 is 42.9 Å². The molecular weight excluding hydrogens is 338 g/mol. The number of hydrogen-bond donors (Lipinski definition) is 1. The van der Waals surface area contributed by atoms with Crippen LogP contribution in [0.2, 0.25) is 0 Å². The van der Waals surface area contributed by atoms with Crippen molar-refractivity contribution in [2.45, 2.75) is 58.3 Å². The minimum atomic E-state index is -1.11. The zero-order valence-corrected chi connectivity index (χ0v) is 14.8. The molecule has 0 radical (unpaired) electrons. The molecule has 5 atom stereocenters. The Morgan fingerprint density at radius 2 is 1.48 bits per heavy atom. The summed E-state index contributed by atoms with van der Waals surface area (Å²) in [4.78, 5) is 45.5. The Hall–Kier alpha value is -2.20. The summed E-state index contributed by atoms with van der Waals surface area (Å²) in [5.41, 5.74) is 0. The van der Waals surface area contributed by atoms with Crippen molar-refractivity contribution in [3.63, 3.8) is 0 Å². The van der Waals surface area contributed by atoms with Crippen LogP contribution >= 0.6 is 0 Å². The van der Waals surface area contributed by atoms with E-state index in [1.54, 1.807) is 0 Å². The van der Waals surface area contributed by atoms with Crippen LogP contribution in [-0.2, 0) is 42.9 Å². The molecule has 1 rings (SSSR count). The van der Waals surface area contributed by atoms with E-state index in [9.17, 15) is 19.2 Å². The standard InChI is InChI=1S/C15H23NO9/c1-7(17)16-12-14(24-10(4)20)13(23-9(3)19)11(6-22-8(2)18)25-15(12)21-5/h11-15H,6H2,1-5H3,(H,16,17)/t11-,12-,13+,14+,15+/m1/s1. The van der Waals surface area contributed by atoms with Gasteiger partial charge in [0.1, 0.15) is 18.8 Å². The third-order valence-corrected chi connectivity index (χ3v) is 3.30. The molecule has 142 valence electrons. The minimum Gasteiger partial charge on any atom is -0.463 e. The molecular formula is C15H23NO9. The van der Waals surface area contributed by atoms with Gasteiger partial charge in [0.05, 0.1) is 0 Å². The van der Waals surface area contributed by atoms with Crippen LogP contribution in [0.3, 0.4) is 0 Å². The van der Waals surface area contributed by atoms with Crippen LogP contribution in [0.25, 0.3) is 0 Å². The number of nitrogens with one attached hydrogen (secondary N) is 1. The van der Waals surface area contributed by atoms with Crippen molar-refractivity contribution in [3.8, 4) is 0 Å². The number of ether oxygens (including phenoxy) is 5. The molecule has 1 heterocycles. The van der Waals surface area contributed by atoms with Crippen LogP contribution in [0.1, 0.15) is 27.7 Å². The average molecular weight is 361 g/mol. The molecule has 25 heavy (non-hydrogen) atoms. The molecule has 10 nitrogen and oxygen atoms in total. The molecule has 1 aliphatic rings. The fraction of sp³-hybridized carbons (Fsp3) is 0.733. The molecule has 0 aromatic heterocycles. The van der Waals surface area contributed by atoms with Gasteiger partial charge in [-0.2, -0.15) is 0 Å². The molecule has 1 fully saturated rings. The first-order chi connectivity index (χ1) is 11.6. The lowest BCUT2D eigenvalue weighted by atomic mass is 9.96. The van der Waals surface area contributed by atoms with Gasteiger partial charge in [0, 0.05) is 34.8 Å². The third-order valence-electron chi connectivity index (χ3n) is 3.30. The first-order valence-electron chi connectivity index (χ1n) is 7.58. The molecule has 0 saturated carbocycles. The lowest BCUT2D eigenvalue weighted by Gasteiger charge is -2.44. The summed E-state index contributed by atoms with van der Waals surface area (Å²) in [6, 6.07) is -0.927. The highest BCUT2D eigenvalue weighted by Crippen LogP contribution is 2.27. The summed E-state index contributed by atoms with van der Waals surface area (Å²) in [5, 5.41) is 2.56. The van der Waals surface area contributed by atoms with Gasteiger partial charge in [-0.1, -0.05) is 0 Å². The van der Waals surface area contributed by atoms with E-state index >= 15 is 0 Å². The van der Waals surface area contributed by atoms with E-state index in [1.807, 2.05) is 0 Å². The summed E-state index contributed by atoms with van der Waals surface area (Å²) < 4.78 is 26.2. The zero-order valence-electron chi connectivity index (χ0n) is 14.8. The summed E-state index contributed by atoms with van der Waals surface area (Å²) in [5.74, 6) is -2.29. The maximum atomic E-state index is 11.5. The number of carbonyl (C=O) groups is 4. The van der Waals surface area contributed by atoms with Crippen molar-refractivity contribution in [2.75, 3.05) is 13.7 Å². The molecule has 0 spiro atoms. The van der Waals surface area contributed by atoms with Crippen molar-refractivity contribution in [1.82, 2.24) is 5.32 Å². The Bertz CT molecular complexity index is 521. The maximum absolute atomic E-state index is 11.5. The minimum absolute atomic E-state index is 0.252. The first-order valence-corrected chi connectivity index (χ1v) is 7.58. The predicted molar refractivity (Wildman–Crippen MR) is 81.0 cm³/mol. The van der Waals surface area contributed by atoms with Gasteiger partial charge >= 0.3 is 17.9 Å². The fourth-order valence-electron chi connectivity index (χ4n) is 2.49. The van der Waals surface area contributed by atoms with Gasteiger partial charge < -0.3 is 29.0 Å². The molecule has 1 saturated heterocycles. The molecule has 1 N–H and O–H groups in total. The van der Waals surface area contributed by atoms with Crippen LogP contribution < -0.4 is 5.32 Å². The largest absolute Gasteiger partial charge is 0.463 e. The number of methoxy groups -OCH3 is 1. The van der Waals surface area contributed by atoms with Crippen molar-refractivity contribution in [1.29, 1.82) is 0 Å². The van der Waals surface area contributed by atoms with Gasteiger partial charge in [-0.3, -0.25) is 19.2 Å². The van der Waals surface area contributed by atoms with E-state index in [0.29, 0.717) is 0 Å². The van der Waals surface area contributed by atoms with Crippen LogP contribution in [0.15, 0.2) is 0 Å². The fourth-order valence-corrected chi connectivity index (χ4v) is 2.49. The molecule has 10 heteroatoms. The van der Waals surface area contributed by atoms with E-state index in [4.69, 9.17) is 23.7 Å². The monoisotopic (exact) mass is 361 g/mol. The van der Waals surface area contributed by atoms with E-state index in [0.717, 1.165) is 0 Å². The number of rotatable bonds is 6. The van der Waals surface area contributed by atoms with E-state index in [2.05, 4.69) is 5.32 Å². The predicted octanol–water partition coefficient (Wildman–Crippen LogP) is -0.711. The van der Waals surface area contributed by atoms with Gasteiger partial charge in [0.25, 0.3) is 0 Å². The molecule has 0 unspecified atom stereocenters. The smallest absolute Gasteiger partial charge is 0.303 e. The summed E-state index contributed by atoms with van der Waals surface area (Å²) >= 11 is 0. The zero-order chi connectivity index (χ0) is 19.1. The second-order valence-electron chi connectivity index (χ2n) is 5.46. The highest BCUT2D eigenvalue weighted by atomic mass is 16.7. The quantitative estimate of drug-likeness (QED) is 0.482. The number of hydrogen-bond acceptors (Lipinski definition) is 9. The van der Waals surface area contributed by atoms with Crippen molar-refractivity contribution in [3.05, 3.63) is 0 Å². The average Bonchev–Trinajstić information content (AvgIpc) is 2.48. The van der Waals surface area contributed by atoms with Crippen LogP contribution in [0.4, 0.5) is 0 Å². The summed E-state index contributed by atoms with van der Waals surface area (Å²) in [6.07, 6.45) is -4.17. The summed E-state index contributed by atoms with van der Waals surface area (Å²) in [6.45, 7) is 4.57. The Kier molecular flexibility index (Phi) is 7.78. The molecule has 1 aliphatic heterocycles. The first kappa shape index (κ1) is 20.8. The molecule has 0 bridgehead atoms.